The van der Waals surface area contributed by atoms with Crippen LogP contribution in [0.1, 0.15) is 56.1 Å². The van der Waals surface area contributed by atoms with Crippen LogP contribution >= 0.6 is 0 Å². The third-order valence-corrected chi connectivity index (χ3v) is 10.1. The first-order valence-electron chi connectivity index (χ1n) is 10.5. The number of hydrogen-bond donors (Lipinski definition) is 0. The molecule has 4 rings (SSSR count). The number of fused-ring (bicyclic) bond motifs is 5. The van der Waals surface area contributed by atoms with E-state index < -0.39 is 8.07 Å². The number of hydrogen-bond acceptors (Lipinski definition) is 2. The van der Waals surface area contributed by atoms with E-state index in [0.29, 0.717) is 11.5 Å². The van der Waals surface area contributed by atoms with Crippen LogP contribution in [0.5, 0.6) is 5.75 Å². The molecular weight excluding hydrogens is 336 g/mol. The molecule has 2 fully saturated rings. The minimum Gasteiger partial charge on any atom is -0.497 e. The zero-order valence-electron chi connectivity index (χ0n) is 17.5. The lowest BCUT2D eigenvalue weighted by molar-refractivity contribution is -0.0443. The van der Waals surface area contributed by atoms with E-state index in [9.17, 15) is 0 Å². The zero-order valence-corrected chi connectivity index (χ0v) is 18.5. The van der Waals surface area contributed by atoms with Crippen molar-refractivity contribution in [2.24, 2.45) is 17.3 Å². The maximum Gasteiger partial charge on any atom is 0.118 e. The number of methoxy groups -OCH3 is 2. The van der Waals surface area contributed by atoms with Gasteiger partial charge in [0.2, 0.25) is 0 Å². The van der Waals surface area contributed by atoms with Crippen LogP contribution in [0.25, 0.3) is 0 Å². The van der Waals surface area contributed by atoms with Crippen molar-refractivity contribution in [3.63, 3.8) is 0 Å². The molecule has 2 saturated carbocycles. The zero-order chi connectivity index (χ0) is 18.7. The quantitative estimate of drug-likeness (QED) is 0.686. The second-order valence-corrected chi connectivity index (χ2v) is 15.3. The molecule has 4 unspecified atom stereocenters. The molecule has 0 spiro atoms. The molecule has 1 aromatic carbocycles. The van der Waals surface area contributed by atoms with E-state index in [4.69, 9.17) is 9.47 Å². The van der Waals surface area contributed by atoms with Crippen molar-refractivity contribution in [3.05, 3.63) is 23.3 Å². The Morgan fingerprint density at radius 2 is 1.81 bits per heavy atom. The summed E-state index contributed by atoms with van der Waals surface area (Å²) < 4.78 is 11.7. The summed E-state index contributed by atoms with van der Waals surface area (Å²) in [7, 11) is 2.35. The highest BCUT2D eigenvalue weighted by molar-refractivity contribution is 6.89. The number of aryl methyl sites for hydroxylation is 1. The molecule has 2 nitrogen and oxygen atoms in total. The lowest BCUT2D eigenvalue weighted by atomic mass is 9.55. The maximum absolute atomic E-state index is 5.92. The fourth-order valence-corrected chi connectivity index (χ4v) is 8.19. The molecule has 0 radical (unpaired) electrons. The van der Waals surface area contributed by atoms with Gasteiger partial charge in [-0.3, -0.25) is 0 Å². The molecule has 1 aromatic rings. The van der Waals surface area contributed by atoms with Gasteiger partial charge in [0.15, 0.2) is 0 Å². The summed E-state index contributed by atoms with van der Waals surface area (Å²) in [6.07, 6.45) is 8.34. The largest absolute Gasteiger partial charge is 0.497 e. The minimum absolute atomic E-state index is 0.404. The van der Waals surface area contributed by atoms with Gasteiger partial charge in [-0.1, -0.05) is 32.6 Å². The van der Waals surface area contributed by atoms with E-state index in [1.165, 1.54) is 43.7 Å². The van der Waals surface area contributed by atoms with Crippen molar-refractivity contribution in [1.82, 2.24) is 0 Å². The Kier molecular flexibility index (Phi) is 4.55. The standard InChI is InChI=1S/C23H36O2Si/c1-23-12-11-16-17(19(23)9-10-22(23)25-3)8-7-15-13-20(24-2)21(14-18(15)16)26(4,5)6/h13-14,16-17,19,22H,7-12H2,1-6H3/t16?,17?,19?,22?,23-/m0/s1. The lowest BCUT2D eigenvalue weighted by Crippen LogP contribution is -2.45. The predicted octanol–water partition coefficient (Wildman–Crippen LogP) is 5.11. The number of rotatable bonds is 3. The van der Waals surface area contributed by atoms with Crippen LogP contribution in [0.2, 0.25) is 19.6 Å². The van der Waals surface area contributed by atoms with Crippen LogP contribution in [0.3, 0.4) is 0 Å². The molecule has 3 aliphatic carbocycles. The molecule has 26 heavy (non-hydrogen) atoms. The monoisotopic (exact) mass is 372 g/mol. The molecular formula is C23H36O2Si. The molecule has 3 aliphatic rings. The van der Waals surface area contributed by atoms with E-state index in [0.717, 1.165) is 23.5 Å². The number of benzene rings is 1. The highest BCUT2D eigenvalue weighted by Gasteiger charge is 2.55. The van der Waals surface area contributed by atoms with Crippen LogP contribution < -0.4 is 9.92 Å². The van der Waals surface area contributed by atoms with Crippen molar-refractivity contribution >= 4 is 13.3 Å². The molecule has 0 heterocycles. The van der Waals surface area contributed by atoms with Crippen LogP contribution in [0, 0.1) is 17.3 Å². The van der Waals surface area contributed by atoms with E-state index >= 15 is 0 Å². The van der Waals surface area contributed by atoms with Crippen LogP contribution in [0.15, 0.2) is 12.1 Å². The first-order valence-corrected chi connectivity index (χ1v) is 14.0. The fraction of sp³-hybridized carbons (Fsp3) is 0.739. The van der Waals surface area contributed by atoms with Gasteiger partial charge in [-0.05, 0) is 84.1 Å². The van der Waals surface area contributed by atoms with E-state index in [2.05, 4.69) is 38.7 Å². The van der Waals surface area contributed by atoms with Gasteiger partial charge in [0.05, 0.1) is 21.3 Å². The highest BCUT2D eigenvalue weighted by atomic mass is 28.3. The summed E-state index contributed by atoms with van der Waals surface area (Å²) in [5, 5.41) is 1.51. The highest BCUT2D eigenvalue weighted by Crippen LogP contribution is 2.61. The molecule has 0 bridgehead atoms. The SMILES string of the molecule is COc1cc2c(cc1[Si](C)(C)C)C1CC[C@]3(C)C(OC)CCC3C1CC2. The van der Waals surface area contributed by atoms with Gasteiger partial charge in [-0.15, -0.1) is 0 Å². The van der Waals surface area contributed by atoms with Crippen LogP contribution in [-0.2, 0) is 11.2 Å². The molecule has 0 aliphatic heterocycles. The first kappa shape index (κ1) is 18.6. The van der Waals surface area contributed by atoms with Crippen molar-refractivity contribution in [2.75, 3.05) is 14.2 Å². The summed E-state index contributed by atoms with van der Waals surface area (Å²) in [6.45, 7) is 9.84. The Hall–Kier alpha value is -0.803. The van der Waals surface area contributed by atoms with Gasteiger partial charge >= 0.3 is 0 Å². The van der Waals surface area contributed by atoms with E-state index in [1.807, 2.05) is 14.2 Å². The molecule has 0 saturated heterocycles. The lowest BCUT2D eigenvalue weighted by Gasteiger charge is -2.50. The van der Waals surface area contributed by atoms with Crippen molar-refractivity contribution in [1.29, 1.82) is 0 Å². The first-order chi connectivity index (χ1) is 12.3. The second kappa shape index (κ2) is 6.37. The molecule has 144 valence electrons. The van der Waals surface area contributed by atoms with Gasteiger partial charge in [-0.25, -0.2) is 0 Å². The summed E-state index contributed by atoms with van der Waals surface area (Å²) >= 11 is 0. The van der Waals surface area contributed by atoms with Crippen molar-refractivity contribution in [3.8, 4) is 5.75 Å². The van der Waals surface area contributed by atoms with Gasteiger partial charge in [0, 0.05) is 7.11 Å². The minimum atomic E-state index is -1.42. The summed E-state index contributed by atoms with van der Waals surface area (Å²) in [4.78, 5) is 0. The predicted molar refractivity (Wildman–Crippen MR) is 111 cm³/mol. The molecule has 3 heteroatoms. The molecule has 0 aromatic heterocycles. The van der Waals surface area contributed by atoms with Crippen LogP contribution in [-0.4, -0.2) is 28.4 Å². The summed E-state index contributed by atoms with van der Waals surface area (Å²) in [5.41, 5.74) is 3.64. The molecule has 5 atom stereocenters. The summed E-state index contributed by atoms with van der Waals surface area (Å²) in [5.74, 6) is 3.59. The van der Waals surface area contributed by atoms with Gasteiger partial charge in [0.1, 0.15) is 5.75 Å². The van der Waals surface area contributed by atoms with Gasteiger partial charge in [-0.2, -0.15) is 0 Å². The third kappa shape index (κ3) is 2.69. The topological polar surface area (TPSA) is 18.5 Å². The molecule has 0 amide bonds. The van der Waals surface area contributed by atoms with Gasteiger partial charge < -0.3 is 9.47 Å². The average molecular weight is 373 g/mol. The van der Waals surface area contributed by atoms with Gasteiger partial charge in [0.25, 0.3) is 0 Å². The van der Waals surface area contributed by atoms with Crippen molar-refractivity contribution in [2.45, 2.75) is 77.1 Å². The fourth-order valence-electron chi connectivity index (χ4n) is 6.69. The third-order valence-electron chi connectivity index (χ3n) is 8.05. The number of ether oxygens (including phenoxy) is 2. The second-order valence-electron chi connectivity index (χ2n) is 10.3. The smallest absolute Gasteiger partial charge is 0.118 e. The maximum atomic E-state index is 5.92. The molecule has 0 N–H and O–H groups in total. The Morgan fingerprint density at radius 3 is 2.46 bits per heavy atom. The normalized spacial score (nSPS) is 36.2. The Labute approximate surface area is 160 Å². The Morgan fingerprint density at radius 1 is 1.04 bits per heavy atom. The Bertz CT molecular complexity index is 692. The summed E-state index contributed by atoms with van der Waals surface area (Å²) in [6, 6.07) is 4.96. The average Bonchev–Trinajstić information content (AvgIpc) is 2.95. The van der Waals surface area contributed by atoms with Crippen molar-refractivity contribution < 1.29 is 9.47 Å². The van der Waals surface area contributed by atoms with E-state index in [-0.39, 0.29) is 0 Å². The van der Waals surface area contributed by atoms with E-state index in [1.54, 1.807) is 11.1 Å². The Balaban J connectivity index is 1.73. The van der Waals surface area contributed by atoms with Crippen LogP contribution in [0.4, 0.5) is 0 Å².